The van der Waals surface area contributed by atoms with Gasteiger partial charge in [-0.15, -0.1) is 0 Å². The summed E-state index contributed by atoms with van der Waals surface area (Å²) in [7, 11) is 0. The first kappa shape index (κ1) is 7.35. The fourth-order valence-corrected chi connectivity index (χ4v) is 1.60. The molecule has 0 radical (unpaired) electrons. The Balaban J connectivity index is 2.69. The van der Waals surface area contributed by atoms with Gasteiger partial charge in [-0.05, 0) is 23.1 Å². The van der Waals surface area contributed by atoms with E-state index in [0.29, 0.717) is 0 Å². The molecule has 0 heterocycles. The average molecular weight is 156 g/mol. The van der Waals surface area contributed by atoms with Crippen molar-refractivity contribution in [2.75, 3.05) is 0 Å². The van der Waals surface area contributed by atoms with E-state index in [1.165, 1.54) is 16.7 Å². The van der Waals surface area contributed by atoms with E-state index >= 15 is 0 Å². The van der Waals surface area contributed by atoms with E-state index in [4.69, 9.17) is 0 Å². The molecule has 0 spiro atoms. The van der Waals surface area contributed by atoms with Crippen LogP contribution in [-0.2, 0) is 6.42 Å². The molecule has 0 aliphatic heterocycles. The molecule has 0 fully saturated rings. The molecule has 0 heteroatoms. The quantitative estimate of drug-likeness (QED) is 0.594. The molecule has 0 bridgehead atoms. The first-order valence-corrected chi connectivity index (χ1v) is 4.38. The predicted octanol–water partition coefficient (Wildman–Crippen LogP) is 3.35. The molecule has 2 rings (SSSR count). The van der Waals surface area contributed by atoms with Crippen LogP contribution in [0.25, 0.3) is 11.1 Å². The standard InChI is InChI=1S/C12H12/c1-2-10-6-3-4-7-11-8-5-9-12(10)11/h3-9H,2H2,1H3. The van der Waals surface area contributed by atoms with E-state index in [2.05, 4.69) is 49.4 Å². The van der Waals surface area contributed by atoms with Gasteiger partial charge in [0.2, 0.25) is 0 Å². The van der Waals surface area contributed by atoms with Crippen LogP contribution in [0.15, 0.2) is 42.5 Å². The lowest BCUT2D eigenvalue weighted by molar-refractivity contribution is 1.15. The molecule has 0 N–H and O–H groups in total. The summed E-state index contributed by atoms with van der Waals surface area (Å²) in [5.74, 6) is 0. The van der Waals surface area contributed by atoms with Crippen molar-refractivity contribution in [1.29, 1.82) is 0 Å². The number of aryl methyl sites for hydroxylation is 1. The highest BCUT2D eigenvalue weighted by molar-refractivity contribution is 5.69. The summed E-state index contributed by atoms with van der Waals surface area (Å²) in [5, 5.41) is 0. The lowest BCUT2D eigenvalue weighted by atomic mass is 10.1. The van der Waals surface area contributed by atoms with Crippen molar-refractivity contribution in [3.05, 3.63) is 48.0 Å². The Morgan fingerprint density at radius 1 is 0.917 bits per heavy atom. The van der Waals surface area contributed by atoms with Crippen LogP contribution in [0.5, 0.6) is 0 Å². The zero-order valence-electron chi connectivity index (χ0n) is 7.25. The second-order valence-electron chi connectivity index (χ2n) is 2.99. The smallest absolute Gasteiger partial charge is 0.0152 e. The Bertz CT molecular complexity index is 349. The fourth-order valence-electron chi connectivity index (χ4n) is 1.60. The van der Waals surface area contributed by atoms with Crippen molar-refractivity contribution in [3.63, 3.8) is 0 Å². The van der Waals surface area contributed by atoms with Gasteiger partial charge in [0, 0.05) is 0 Å². The SMILES string of the molecule is CCc1ccccc2cccc1-2. The van der Waals surface area contributed by atoms with Crippen molar-refractivity contribution in [2.24, 2.45) is 0 Å². The van der Waals surface area contributed by atoms with Crippen LogP contribution in [0.3, 0.4) is 0 Å². The summed E-state index contributed by atoms with van der Waals surface area (Å²) in [5.41, 5.74) is 4.17. The van der Waals surface area contributed by atoms with Crippen molar-refractivity contribution >= 4 is 0 Å². The van der Waals surface area contributed by atoms with Gasteiger partial charge >= 0.3 is 0 Å². The Hall–Kier alpha value is -1.30. The zero-order valence-corrected chi connectivity index (χ0v) is 7.25. The summed E-state index contributed by atoms with van der Waals surface area (Å²) in [6, 6.07) is 15.0. The maximum Gasteiger partial charge on any atom is -0.0152 e. The third kappa shape index (κ3) is 1.10. The number of hydrogen-bond acceptors (Lipinski definition) is 0. The minimum Gasteiger partial charge on any atom is -0.0620 e. The van der Waals surface area contributed by atoms with E-state index in [9.17, 15) is 0 Å². The van der Waals surface area contributed by atoms with Crippen molar-refractivity contribution in [2.45, 2.75) is 13.3 Å². The maximum atomic E-state index is 2.20. The summed E-state index contributed by atoms with van der Waals surface area (Å²) in [6.07, 6.45) is 1.11. The highest BCUT2D eigenvalue weighted by Crippen LogP contribution is 2.25. The largest absolute Gasteiger partial charge is 0.0620 e. The Morgan fingerprint density at radius 3 is 2.50 bits per heavy atom. The second-order valence-corrected chi connectivity index (χ2v) is 2.99. The van der Waals surface area contributed by atoms with Gasteiger partial charge in [-0.1, -0.05) is 49.4 Å². The van der Waals surface area contributed by atoms with Gasteiger partial charge in [0.1, 0.15) is 0 Å². The Labute approximate surface area is 73.2 Å². The molecule has 0 nitrogen and oxygen atoms in total. The topological polar surface area (TPSA) is 0 Å². The molecule has 0 aromatic heterocycles. The zero-order chi connectivity index (χ0) is 8.39. The minimum atomic E-state index is 1.11. The van der Waals surface area contributed by atoms with Crippen LogP contribution in [0, 0.1) is 0 Å². The molecular formula is C12H12. The second kappa shape index (κ2) is 2.98. The van der Waals surface area contributed by atoms with Gasteiger partial charge in [-0.2, -0.15) is 0 Å². The molecule has 0 atom stereocenters. The van der Waals surface area contributed by atoms with Gasteiger partial charge in [0.15, 0.2) is 0 Å². The molecular weight excluding hydrogens is 144 g/mol. The lowest BCUT2D eigenvalue weighted by Gasteiger charge is -1.98. The summed E-state index contributed by atoms with van der Waals surface area (Å²) < 4.78 is 0. The molecule has 2 aliphatic rings. The highest BCUT2D eigenvalue weighted by atomic mass is 14.1. The monoisotopic (exact) mass is 156 g/mol. The third-order valence-electron chi connectivity index (χ3n) is 2.26. The molecule has 0 amide bonds. The van der Waals surface area contributed by atoms with E-state index < -0.39 is 0 Å². The molecule has 60 valence electrons. The first-order chi connectivity index (χ1) is 5.92. The first-order valence-electron chi connectivity index (χ1n) is 4.38. The number of rotatable bonds is 1. The van der Waals surface area contributed by atoms with E-state index in [0.717, 1.165) is 6.42 Å². The van der Waals surface area contributed by atoms with Crippen LogP contribution in [0.1, 0.15) is 12.5 Å². The van der Waals surface area contributed by atoms with Crippen LogP contribution in [-0.4, -0.2) is 0 Å². The van der Waals surface area contributed by atoms with Crippen molar-refractivity contribution in [1.82, 2.24) is 0 Å². The molecule has 0 aromatic carbocycles. The van der Waals surface area contributed by atoms with Crippen LogP contribution >= 0.6 is 0 Å². The van der Waals surface area contributed by atoms with Gasteiger partial charge in [-0.3, -0.25) is 0 Å². The maximum absolute atomic E-state index is 2.20. The molecule has 2 aliphatic carbocycles. The Kier molecular flexibility index (Phi) is 1.83. The van der Waals surface area contributed by atoms with Gasteiger partial charge in [0.25, 0.3) is 0 Å². The number of fused-ring (bicyclic) bond motifs is 1. The molecule has 0 aromatic rings. The summed E-state index contributed by atoms with van der Waals surface area (Å²) in [6.45, 7) is 2.20. The van der Waals surface area contributed by atoms with E-state index in [1.807, 2.05) is 0 Å². The van der Waals surface area contributed by atoms with Crippen molar-refractivity contribution in [3.8, 4) is 11.1 Å². The highest BCUT2D eigenvalue weighted by Gasteiger charge is 2.02. The van der Waals surface area contributed by atoms with E-state index in [1.54, 1.807) is 0 Å². The predicted molar refractivity (Wildman–Crippen MR) is 52.4 cm³/mol. The normalized spacial score (nSPS) is 10.4. The average Bonchev–Trinajstić information content (AvgIpc) is 2.46. The van der Waals surface area contributed by atoms with E-state index in [-0.39, 0.29) is 0 Å². The third-order valence-corrected chi connectivity index (χ3v) is 2.26. The minimum absolute atomic E-state index is 1.11. The van der Waals surface area contributed by atoms with Crippen LogP contribution < -0.4 is 0 Å². The number of hydrogen-bond donors (Lipinski definition) is 0. The van der Waals surface area contributed by atoms with Crippen molar-refractivity contribution < 1.29 is 0 Å². The molecule has 0 unspecified atom stereocenters. The van der Waals surface area contributed by atoms with Gasteiger partial charge in [0.05, 0.1) is 0 Å². The molecule has 0 saturated heterocycles. The molecule has 12 heavy (non-hydrogen) atoms. The van der Waals surface area contributed by atoms with Gasteiger partial charge in [-0.25, -0.2) is 0 Å². The van der Waals surface area contributed by atoms with Crippen LogP contribution in [0.2, 0.25) is 0 Å². The van der Waals surface area contributed by atoms with Crippen LogP contribution in [0.4, 0.5) is 0 Å². The Morgan fingerprint density at radius 2 is 1.67 bits per heavy atom. The summed E-state index contributed by atoms with van der Waals surface area (Å²) >= 11 is 0. The molecule has 0 saturated carbocycles. The lowest BCUT2D eigenvalue weighted by Crippen LogP contribution is -1.78. The fraction of sp³-hybridized carbons (Fsp3) is 0.167. The van der Waals surface area contributed by atoms with Gasteiger partial charge < -0.3 is 0 Å². The summed E-state index contributed by atoms with van der Waals surface area (Å²) in [4.78, 5) is 0.